The fourth-order valence-electron chi connectivity index (χ4n) is 8.59. The van der Waals surface area contributed by atoms with Crippen LogP contribution in [0.15, 0.2) is 30.3 Å². The van der Waals surface area contributed by atoms with Crippen LogP contribution in [0.1, 0.15) is 99.5 Å². The first-order valence-electron chi connectivity index (χ1n) is 22.0. The highest BCUT2D eigenvalue weighted by atomic mass is 16.7. The third kappa shape index (κ3) is 10.5. The molecule has 12 atom stereocenters. The van der Waals surface area contributed by atoms with Gasteiger partial charge in [0.2, 0.25) is 22.7 Å². The summed E-state index contributed by atoms with van der Waals surface area (Å²) in [5.41, 5.74) is -19.5. The predicted molar refractivity (Wildman–Crippen MR) is 229 cm³/mol. The van der Waals surface area contributed by atoms with Gasteiger partial charge in [-0.05, 0) is 53.5 Å². The van der Waals surface area contributed by atoms with Gasteiger partial charge in [-0.1, -0.05) is 69.4 Å². The molecule has 2 aliphatic rings. The van der Waals surface area contributed by atoms with Crippen molar-refractivity contribution >= 4 is 52.7 Å². The number of amides is 2. The largest absolute Gasteiger partial charge is 0.463 e. The Morgan fingerprint density at radius 3 is 1.74 bits per heavy atom. The first kappa shape index (κ1) is 57.4. The van der Waals surface area contributed by atoms with Crippen LogP contribution in [0.25, 0.3) is 0 Å². The van der Waals surface area contributed by atoms with Gasteiger partial charge in [0.15, 0.2) is 58.4 Å². The third-order valence-corrected chi connectivity index (χ3v) is 12.5. The minimum absolute atomic E-state index is 0.0277. The van der Waals surface area contributed by atoms with Gasteiger partial charge in [-0.2, -0.15) is 0 Å². The van der Waals surface area contributed by atoms with Crippen LogP contribution in [-0.2, 0) is 68.6 Å². The average molecular weight is 969 g/mol. The molecule has 68 heavy (non-hydrogen) atoms. The second kappa shape index (κ2) is 23.1. The molecule has 0 spiro atoms. The minimum atomic E-state index is -4.06. The number of aliphatic hydroxyl groups excluding tert-OH is 2. The van der Waals surface area contributed by atoms with Crippen LogP contribution < -0.4 is 5.32 Å². The number of ether oxygens (including phenoxy) is 5. The van der Waals surface area contributed by atoms with Crippen LogP contribution in [0.4, 0.5) is 4.79 Å². The fourth-order valence-corrected chi connectivity index (χ4v) is 8.59. The van der Waals surface area contributed by atoms with Crippen molar-refractivity contribution in [2.24, 2.45) is 0 Å². The van der Waals surface area contributed by atoms with Gasteiger partial charge in [-0.3, -0.25) is 43.3 Å². The van der Waals surface area contributed by atoms with Crippen molar-refractivity contribution in [3.05, 3.63) is 35.9 Å². The zero-order chi connectivity index (χ0) is 51.7. The van der Waals surface area contributed by atoms with Crippen molar-refractivity contribution in [2.45, 2.75) is 172 Å². The highest BCUT2D eigenvalue weighted by Gasteiger charge is 2.81. The average Bonchev–Trinajstić information content (AvgIpc) is 3.27. The van der Waals surface area contributed by atoms with E-state index in [9.17, 15) is 78.9 Å². The van der Waals surface area contributed by atoms with Crippen LogP contribution in [0.3, 0.4) is 0 Å². The van der Waals surface area contributed by atoms with Crippen molar-refractivity contribution in [3.63, 3.8) is 0 Å². The predicted octanol–water partition coefficient (Wildman–Crippen LogP) is -1.59. The summed E-state index contributed by atoms with van der Waals surface area (Å²) in [7, 11) is 0. The summed E-state index contributed by atoms with van der Waals surface area (Å²) < 4.78 is 27.8. The van der Waals surface area contributed by atoms with Crippen molar-refractivity contribution in [1.29, 1.82) is 0 Å². The molecular formula is C45H64N2O21. The van der Waals surface area contributed by atoms with Crippen molar-refractivity contribution in [1.82, 2.24) is 10.2 Å². The maximum absolute atomic E-state index is 14.4. The molecule has 2 amide bonds. The number of nitrogens with zero attached hydrogens (tertiary/aromatic N) is 1. The molecule has 2 unspecified atom stereocenters. The maximum atomic E-state index is 14.4. The van der Waals surface area contributed by atoms with Crippen molar-refractivity contribution in [2.75, 3.05) is 19.8 Å². The van der Waals surface area contributed by atoms with Gasteiger partial charge >= 0.3 is 12.1 Å². The molecule has 0 saturated carbocycles. The highest BCUT2D eigenvalue weighted by molar-refractivity contribution is 6.05. The van der Waals surface area contributed by atoms with Crippen LogP contribution in [0.2, 0.25) is 0 Å². The maximum Gasteiger partial charge on any atom is 0.413 e. The molecule has 0 bridgehead atoms. The van der Waals surface area contributed by atoms with E-state index in [1.165, 1.54) is 12.1 Å². The van der Waals surface area contributed by atoms with E-state index in [2.05, 4.69) is 5.32 Å². The normalized spacial score (nSPS) is 31.1. The van der Waals surface area contributed by atoms with Crippen LogP contribution in [0.5, 0.6) is 0 Å². The third-order valence-electron chi connectivity index (χ3n) is 12.5. The van der Waals surface area contributed by atoms with E-state index in [0.29, 0.717) is 53.0 Å². The summed E-state index contributed by atoms with van der Waals surface area (Å²) in [6.45, 7) is 3.12. The van der Waals surface area contributed by atoms with Gasteiger partial charge < -0.3 is 64.7 Å². The lowest BCUT2D eigenvalue weighted by Gasteiger charge is -2.60. The van der Waals surface area contributed by atoms with Crippen molar-refractivity contribution < 1.29 is 103 Å². The molecule has 23 heteroatoms. The first-order chi connectivity index (χ1) is 31.6. The summed E-state index contributed by atoms with van der Waals surface area (Å²) in [5.74, 6) is -12.0. The van der Waals surface area contributed by atoms with Gasteiger partial charge in [0, 0.05) is 13.5 Å². The summed E-state index contributed by atoms with van der Waals surface area (Å²) in [6.07, 6.45) is -13.9. The monoisotopic (exact) mass is 968 g/mol. The molecular weight excluding hydrogens is 904 g/mol. The van der Waals surface area contributed by atoms with Crippen LogP contribution >= 0.6 is 0 Å². The topological polar surface area (TPSA) is 357 Å². The molecule has 380 valence electrons. The fraction of sp³-hybridized carbons (Fsp3) is 0.667. The molecule has 1 aromatic carbocycles. The number of ketones is 6. The number of hydrogen-bond donors (Lipinski definition) is 8. The Bertz CT molecular complexity index is 2050. The van der Waals surface area contributed by atoms with Gasteiger partial charge in [0.25, 0.3) is 0 Å². The molecule has 2 aliphatic heterocycles. The zero-order valence-electron chi connectivity index (χ0n) is 39.3. The molecule has 2 heterocycles. The number of rotatable bonds is 24. The number of Topliss-reactive ketones (excluding diaryl/α,β-unsaturated/α-hetero) is 6. The van der Waals surface area contributed by atoms with E-state index in [1.54, 1.807) is 18.2 Å². The van der Waals surface area contributed by atoms with E-state index in [1.807, 2.05) is 6.92 Å². The molecule has 0 aromatic heterocycles. The number of carbonyl (C=O) groups is 9. The zero-order valence-corrected chi connectivity index (χ0v) is 39.3. The van der Waals surface area contributed by atoms with Crippen LogP contribution in [-0.4, -0.2) is 184 Å². The smallest absolute Gasteiger partial charge is 0.413 e. The molecule has 8 N–H and O–H groups in total. The lowest BCUT2D eigenvalue weighted by atomic mass is 9.61. The minimum Gasteiger partial charge on any atom is -0.463 e. The molecule has 0 radical (unpaired) electrons. The Balaban J connectivity index is 2.40. The number of benzene rings is 1. The number of unbranched alkanes of at least 4 members (excludes halogenated alkanes) is 5. The van der Waals surface area contributed by atoms with Crippen LogP contribution in [0, 0.1) is 0 Å². The molecule has 0 aliphatic carbocycles. The highest BCUT2D eigenvalue weighted by Crippen LogP contribution is 2.50. The first-order valence-corrected chi connectivity index (χ1v) is 22.0. The molecule has 1 aromatic rings. The number of aliphatic hydroxyl groups is 7. The molecule has 2 saturated heterocycles. The van der Waals surface area contributed by atoms with Gasteiger partial charge in [-0.15, -0.1) is 0 Å². The Labute approximate surface area is 392 Å². The molecule has 23 nitrogen and oxygen atoms in total. The van der Waals surface area contributed by atoms with E-state index in [0.717, 1.165) is 39.5 Å². The SMILES string of the molecule is CCCCCCCCNC(=O)[C@H](CO)N(C(=O)OCc1ccccc1)C1O[C@H](C(O)C(C)=O)[C@@H](O[C@@H]2O[C@H](COC(C)=O)[C@@](O)(C(C)=O)[C@@](O)(C(C)=O)[C@]2(O)C(C)=O)[C@@](O)(C(C)=O)[C@]1(O)C(C)=O. The van der Waals surface area contributed by atoms with Crippen molar-refractivity contribution in [3.8, 4) is 0 Å². The Kier molecular flexibility index (Phi) is 19.5. The summed E-state index contributed by atoms with van der Waals surface area (Å²) in [5, 5.41) is 86.8. The lowest BCUT2D eigenvalue weighted by molar-refractivity contribution is -0.404. The van der Waals surface area contributed by atoms with E-state index >= 15 is 0 Å². The number of carbonyl (C=O) groups excluding carboxylic acids is 9. The Morgan fingerprint density at radius 1 is 0.706 bits per heavy atom. The number of esters is 1. The van der Waals surface area contributed by atoms with E-state index in [-0.39, 0.29) is 11.4 Å². The standard InChI is InChI=1S/C45H64N2O21/c1-9-10-11-12-13-17-20-46-37(57)32(21-48)47(40(58)65-22-31-18-15-14-16-19-31)38-43(61,27(5)52)42(60,26(4)51)36(35(67-38)34(56)24(2)49)68-39-44(62,28(6)53)45(63,29(7)54)41(59,25(3)50)33(66-39)23-64-30(8)55/h14-16,18-19,32-36,38-39,48,56,59-63H,9-13,17,20-23H2,1-8H3,(H,46,57)/t32-,33+,34?,35+,36+,38?,39-,41-,42-,43-,44-,45-/m0/s1. The molecule has 2 fully saturated rings. The second-order valence-electron chi connectivity index (χ2n) is 17.1. The van der Waals surface area contributed by atoms with Gasteiger partial charge in [-0.25, -0.2) is 4.79 Å². The quantitative estimate of drug-likeness (QED) is 0.0428. The van der Waals surface area contributed by atoms with E-state index < -0.39 is 143 Å². The summed E-state index contributed by atoms with van der Waals surface area (Å²) in [4.78, 5) is 122. The second-order valence-corrected chi connectivity index (χ2v) is 17.1. The Hall–Kier alpha value is -4.95. The number of nitrogens with one attached hydrogen (secondary N) is 1. The Morgan fingerprint density at radius 2 is 1.25 bits per heavy atom. The lowest BCUT2D eigenvalue weighted by Crippen LogP contribution is -2.88. The summed E-state index contributed by atoms with van der Waals surface area (Å²) in [6, 6.07) is 5.60. The van der Waals surface area contributed by atoms with Gasteiger partial charge in [0.1, 0.15) is 43.7 Å². The number of hydrogen-bond acceptors (Lipinski definition) is 21. The molecule has 3 rings (SSSR count). The van der Waals surface area contributed by atoms with E-state index in [4.69, 9.17) is 23.7 Å². The summed E-state index contributed by atoms with van der Waals surface area (Å²) >= 11 is 0. The van der Waals surface area contributed by atoms with Gasteiger partial charge in [0.05, 0.1) is 6.61 Å².